The molecule has 0 aromatic carbocycles. The predicted molar refractivity (Wildman–Crippen MR) is 45.3 cm³/mol. The third-order valence-corrected chi connectivity index (χ3v) is 1.78. The zero-order valence-corrected chi connectivity index (χ0v) is 7.09. The number of aldehydes is 1. The lowest BCUT2D eigenvalue weighted by molar-refractivity contribution is 0.112. The highest BCUT2D eigenvalue weighted by atomic mass is 19.3. The first-order chi connectivity index (χ1) is 6.61. The highest BCUT2D eigenvalue weighted by Gasteiger charge is 2.18. The van der Waals surface area contributed by atoms with E-state index in [1.807, 2.05) is 0 Å². The van der Waals surface area contributed by atoms with Crippen LogP contribution in [0.25, 0.3) is 0 Å². The van der Waals surface area contributed by atoms with E-state index in [0.717, 1.165) is 6.20 Å². The zero-order chi connectivity index (χ0) is 10.7. The molecule has 76 valence electrons. The van der Waals surface area contributed by atoms with Crippen molar-refractivity contribution >= 4 is 6.29 Å². The molecule has 6 heteroatoms. The quantitative estimate of drug-likeness (QED) is 0.704. The van der Waals surface area contributed by atoms with E-state index in [9.17, 15) is 18.4 Å². The van der Waals surface area contributed by atoms with Crippen molar-refractivity contribution in [2.75, 3.05) is 0 Å². The molecule has 0 aliphatic heterocycles. The minimum atomic E-state index is -2.93. The van der Waals surface area contributed by atoms with Gasteiger partial charge in [0, 0.05) is 18.4 Å². The van der Waals surface area contributed by atoms with Crippen LogP contribution in [0.2, 0.25) is 0 Å². The first-order valence-electron chi connectivity index (χ1n) is 3.79. The fourth-order valence-corrected chi connectivity index (χ4v) is 1.09. The number of nitrogens with one attached hydrogen (secondary N) is 1. The van der Waals surface area contributed by atoms with Gasteiger partial charge in [0.2, 0.25) is 5.43 Å². The van der Waals surface area contributed by atoms with E-state index >= 15 is 0 Å². The molecule has 0 radical (unpaired) electrons. The molecule has 1 rings (SSSR count). The number of aromatic nitrogens is 1. The fraction of sp³-hybridized carbons (Fsp3) is 0.250. The number of aromatic amines is 1. The van der Waals surface area contributed by atoms with E-state index in [4.69, 9.17) is 5.73 Å². The van der Waals surface area contributed by atoms with Crippen molar-refractivity contribution in [1.29, 1.82) is 0 Å². The van der Waals surface area contributed by atoms with Crippen LogP contribution in [0.15, 0.2) is 11.0 Å². The molecule has 14 heavy (non-hydrogen) atoms. The highest BCUT2D eigenvalue weighted by molar-refractivity contribution is 5.74. The first-order valence-corrected chi connectivity index (χ1v) is 3.79. The van der Waals surface area contributed by atoms with Crippen molar-refractivity contribution in [3.8, 4) is 0 Å². The maximum Gasteiger partial charge on any atom is 0.269 e. The Bertz CT molecular complexity index is 401. The summed E-state index contributed by atoms with van der Waals surface area (Å²) in [6.45, 7) is -0.200. The van der Waals surface area contributed by atoms with Crippen LogP contribution >= 0.6 is 0 Å². The molecule has 0 bridgehead atoms. The second-order valence-electron chi connectivity index (χ2n) is 2.59. The number of nitrogens with two attached hydrogens (primary N) is 1. The minimum absolute atomic E-state index is 0.0457. The largest absolute Gasteiger partial charge is 0.363 e. The van der Waals surface area contributed by atoms with Gasteiger partial charge in [-0.3, -0.25) is 9.59 Å². The second-order valence-corrected chi connectivity index (χ2v) is 2.59. The number of H-pyrrole nitrogens is 1. The molecule has 0 aliphatic carbocycles. The summed E-state index contributed by atoms with van der Waals surface area (Å²) < 4.78 is 24.8. The fourth-order valence-electron chi connectivity index (χ4n) is 1.09. The molecule has 0 fully saturated rings. The minimum Gasteiger partial charge on any atom is -0.363 e. The summed E-state index contributed by atoms with van der Waals surface area (Å²) in [6, 6.07) is 0. The molecule has 0 amide bonds. The Morgan fingerprint density at radius 2 is 2.21 bits per heavy atom. The van der Waals surface area contributed by atoms with Gasteiger partial charge in [0.25, 0.3) is 6.43 Å². The molecule has 0 unspecified atom stereocenters. The van der Waals surface area contributed by atoms with Gasteiger partial charge in [0.05, 0.1) is 11.1 Å². The van der Waals surface area contributed by atoms with Crippen LogP contribution in [0.3, 0.4) is 0 Å². The SMILES string of the molecule is NCc1[nH]cc(C=O)c(=O)c1C(F)F. The molecule has 4 nitrogen and oxygen atoms in total. The summed E-state index contributed by atoms with van der Waals surface area (Å²) in [7, 11) is 0. The zero-order valence-electron chi connectivity index (χ0n) is 7.09. The molecule has 0 saturated carbocycles. The summed E-state index contributed by atoms with van der Waals surface area (Å²) in [5.74, 6) is 0. The number of carbonyl (C=O) groups is 1. The molecule has 1 aromatic heterocycles. The van der Waals surface area contributed by atoms with Gasteiger partial charge >= 0.3 is 0 Å². The Morgan fingerprint density at radius 3 is 2.64 bits per heavy atom. The average molecular weight is 202 g/mol. The van der Waals surface area contributed by atoms with Crippen LogP contribution in [0.4, 0.5) is 8.78 Å². The number of pyridine rings is 1. The molecular formula is C8H8F2N2O2. The second kappa shape index (κ2) is 4.10. The molecule has 0 aliphatic rings. The van der Waals surface area contributed by atoms with Gasteiger partial charge in [-0.15, -0.1) is 0 Å². The van der Waals surface area contributed by atoms with E-state index in [1.165, 1.54) is 0 Å². The van der Waals surface area contributed by atoms with Crippen molar-refractivity contribution in [3.05, 3.63) is 33.2 Å². The van der Waals surface area contributed by atoms with Crippen molar-refractivity contribution in [3.63, 3.8) is 0 Å². The third kappa shape index (κ3) is 1.69. The number of rotatable bonds is 3. The first kappa shape index (κ1) is 10.5. The molecule has 0 saturated heterocycles. The Morgan fingerprint density at radius 1 is 1.57 bits per heavy atom. The van der Waals surface area contributed by atoms with E-state index in [2.05, 4.69) is 4.98 Å². The lowest BCUT2D eigenvalue weighted by atomic mass is 10.1. The number of halogens is 2. The van der Waals surface area contributed by atoms with Gasteiger partial charge in [-0.05, 0) is 0 Å². The monoisotopic (exact) mass is 202 g/mol. The summed E-state index contributed by atoms with van der Waals surface area (Å²) in [4.78, 5) is 23.9. The van der Waals surface area contributed by atoms with E-state index in [0.29, 0.717) is 0 Å². The highest BCUT2D eigenvalue weighted by Crippen LogP contribution is 2.17. The topological polar surface area (TPSA) is 76.0 Å². The van der Waals surface area contributed by atoms with Gasteiger partial charge in [-0.1, -0.05) is 0 Å². The summed E-state index contributed by atoms with van der Waals surface area (Å²) in [6.07, 6.45) is -1.63. The Hall–Kier alpha value is -1.56. The Kier molecular flexibility index (Phi) is 3.08. The summed E-state index contributed by atoms with van der Waals surface area (Å²) >= 11 is 0. The van der Waals surface area contributed by atoms with E-state index < -0.39 is 17.4 Å². The molecule has 1 heterocycles. The average Bonchev–Trinajstić information content (AvgIpc) is 2.16. The molecule has 0 atom stereocenters. The van der Waals surface area contributed by atoms with Crippen LogP contribution in [0.1, 0.15) is 28.0 Å². The molecule has 3 N–H and O–H groups in total. The number of alkyl halides is 2. The predicted octanol–water partition coefficient (Wildman–Crippen LogP) is 0.584. The molecular weight excluding hydrogens is 194 g/mol. The lowest BCUT2D eigenvalue weighted by Crippen LogP contribution is -2.20. The summed E-state index contributed by atoms with van der Waals surface area (Å²) in [5.41, 5.74) is 3.10. The van der Waals surface area contributed by atoms with E-state index in [-0.39, 0.29) is 24.1 Å². The maximum absolute atomic E-state index is 12.4. The molecule has 1 aromatic rings. The smallest absolute Gasteiger partial charge is 0.269 e. The Labute approximate surface area is 77.7 Å². The van der Waals surface area contributed by atoms with Crippen molar-refractivity contribution < 1.29 is 13.6 Å². The van der Waals surface area contributed by atoms with Crippen LogP contribution in [-0.4, -0.2) is 11.3 Å². The van der Waals surface area contributed by atoms with Crippen molar-refractivity contribution in [2.24, 2.45) is 5.73 Å². The van der Waals surface area contributed by atoms with Crippen LogP contribution in [-0.2, 0) is 6.54 Å². The van der Waals surface area contributed by atoms with Gasteiger partial charge in [0.1, 0.15) is 0 Å². The van der Waals surface area contributed by atoms with Crippen LogP contribution in [0, 0.1) is 0 Å². The van der Waals surface area contributed by atoms with Crippen molar-refractivity contribution in [2.45, 2.75) is 13.0 Å². The number of hydrogen-bond donors (Lipinski definition) is 2. The molecule has 0 spiro atoms. The van der Waals surface area contributed by atoms with Gasteiger partial charge in [0.15, 0.2) is 6.29 Å². The summed E-state index contributed by atoms with van der Waals surface area (Å²) in [5, 5.41) is 0. The normalized spacial score (nSPS) is 10.6. The van der Waals surface area contributed by atoms with Crippen LogP contribution < -0.4 is 11.2 Å². The number of carbonyl (C=O) groups excluding carboxylic acids is 1. The number of hydrogen-bond acceptors (Lipinski definition) is 3. The van der Waals surface area contributed by atoms with Gasteiger partial charge in [-0.25, -0.2) is 8.78 Å². The standard InChI is InChI=1S/C8H8F2N2O2/c9-8(10)6-5(1-11)12-2-4(3-13)7(6)14/h2-3,8H,1,11H2,(H,12,14). The van der Waals surface area contributed by atoms with Crippen molar-refractivity contribution in [1.82, 2.24) is 4.98 Å². The van der Waals surface area contributed by atoms with Gasteiger partial charge in [-0.2, -0.15) is 0 Å². The lowest BCUT2D eigenvalue weighted by Gasteiger charge is -2.05. The maximum atomic E-state index is 12.4. The van der Waals surface area contributed by atoms with E-state index in [1.54, 1.807) is 0 Å². The van der Waals surface area contributed by atoms with Gasteiger partial charge < -0.3 is 10.7 Å². The van der Waals surface area contributed by atoms with Crippen LogP contribution in [0.5, 0.6) is 0 Å². The third-order valence-electron chi connectivity index (χ3n) is 1.78. The Balaban J connectivity index is 3.47.